The number of halogens is 2. The van der Waals surface area contributed by atoms with E-state index in [4.69, 9.17) is 17.0 Å². The Kier molecular flexibility index (Phi) is 13.3. The number of rotatable bonds is 2. The van der Waals surface area contributed by atoms with Crippen LogP contribution in [-0.2, 0) is 30.8 Å². The summed E-state index contributed by atoms with van der Waals surface area (Å²) in [5.41, 5.74) is 2.64. The molecule has 0 heterocycles. The van der Waals surface area contributed by atoms with E-state index >= 15 is 0 Å². The third-order valence-electron chi connectivity index (χ3n) is 2.66. The molecule has 2 rings (SSSR count). The van der Waals surface area contributed by atoms with E-state index in [2.05, 4.69) is 75.5 Å². The van der Waals surface area contributed by atoms with Gasteiger partial charge in [0.05, 0.1) is 0 Å². The van der Waals surface area contributed by atoms with Crippen molar-refractivity contribution in [3.63, 3.8) is 0 Å². The maximum absolute atomic E-state index is 5.62. The molecule has 112 valence electrons. The summed E-state index contributed by atoms with van der Waals surface area (Å²) in [7, 11) is 11.2. The van der Waals surface area contributed by atoms with E-state index in [-0.39, 0.29) is 5.43 Å². The van der Waals surface area contributed by atoms with Gasteiger partial charge < -0.3 is 0 Å². The third kappa shape index (κ3) is 11.1. The Balaban J connectivity index is 0.000000272. The molecule has 0 fully saturated rings. The molecule has 2 aromatic carbocycles. The Morgan fingerprint density at radius 2 is 1.30 bits per heavy atom. The fraction of sp³-hybridized carbons (Fsp3) is 0.375. The van der Waals surface area contributed by atoms with Gasteiger partial charge in [0, 0.05) is 0 Å². The standard InChI is InChI=1S/2C7H9.C2H6Si.2ClH.Zr/c2*1-2-7-5-3-4-6-7;1-3-2;;;/h2*3-6H,2H2,1H3;1-2H3;2*1H;/q2*-1;;;;+2/p-2. The first-order chi connectivity index (χ1) is 9.51. The van der Waals surface area contributed by atoms with E-state index in [9.17, 15) is 0 Å². The van der Waals surface area contributed by atoms with Crippen LogP contribution >= 0.6 is 17.0 Å². The van der Waals surface area contributed by atoms with Crippen LogP contribution in [0.25, 0.3) is 0 Å². The molecule has 0 atom stereocenters. The van der Waals surface area contributed by atoms with Gasteiger partial charge in [0.2, 0.25) is 0 Å². The van der Waals surface area contributed by atoms with Crippen molar-refractivity contribution >= 4 is 22.5 Å². The first-order valence-electron chi connectivity index (χ1n) is 6.90. The van der Waals surface area contributed by atoms with Crippen molar-refractivity contribution in [3.05, 3.63) is 59.7 Å². The van der Waals surface area contributed by atoms with Crippen LogP contribution in [0.15, 0.2) is 48.5 Å². The molecule has 0 radical (unpaired) electrons. The van der Waals surface area contributed by atoms with Crippen molar-refractivity contribution < 1.29 is 18.0 Å². The molecule has 0 bridgehead atoms. The Hall–Kier alpha value is 0.380. The predicted molar refractivity (Wildman–Crippen MR) is 92.0 cm³/mol. The fourth-order valence-corrected chi connectivity index (χ4v) is 1.30. The van der Waals surface area contributed by atoms with E-state index in [0.29, 0.717) is 0 Å². The number of aryl methyl sites for hydroxylation is 2. The molecule has 0 aliphatic heterocycles. The van der Waals surface area contributed by atoms with Crippen LogP contribution in [0.2, 0.25) is 13.1 Å². The van der Waals surface area contributed by atoms with Crippen LogP contribution < -0.4 is 0 Å². The van der Waals surface area contributed by atoms with Gasteiger partial charge >= 0.3 is 53.5 Å². The van der Waals surface area contributed by atoms with Gasteiger partial charge in [-0.2, -0.15) is 47.5 Å². The molecular formula is C16H24Cl2SiZr-2. The average Bonchev–Trinajstić information content (AvgIpc) is 3.13. The molecule has 20 heavy (non-hydrogen) atoms. The van der Waals surface area contributed by atoms with Gasteiger partial charge in [-0.15, -0.1) is 0 Å². The van der Waals surface area contributed by atoms with Crippen molar-refractivity contribution in [2.24, 2.45) is 0 Å². The minimum absolute atomic E-state index is 0.224. The molecular weight excluding hydrogens is 382 g/mol. The normalized spacial score (nSPS) is 8.90. The second kappa shape index (κ2) is 13.1. The van der Waals surface area contributed by atoms with Crippen LogP contribution in [0.4, 0.5) is 0 Å². The zero-order valence-electron chi connectivity index (χ0n) is 12.8. The molecule has 0 amide bonds. The molecule has 0 aliphatic rings. The molecule has 2 aromatic rings. The summed E-state index contributed by atoms with van der Waals surface area (Å²) in [5.74, 6) is 0. The SMILES string of the molecule is CCc1cc[cH-]c1.CCc1cc[cH-]c1.C[Si](C)=[Zr]([Cl])[Cl]. The molecule has 0 nitrogen and oxygen atoms in total. The first-order valence-corrected chi connectivity index (χ1v) is 19.4. The summed E-state index contributed by atoms with van der Waals surface area (Å²) in [6, 6.07) is 16.8. The molecule has 0 unspecified atom stereocenters. The molecule has 4 heteroatoms. The Morgan fingerprint density at radius 1 is 0.950 bits per heavy atom. The molecule has 0 saturated carbocycles. The summed E-state index contributed by atoms with van der Waals surface area (Å²) in [4.78, 5) is 0. The quantitative estimate of drug-likeness (QED) is 0.418. The van der Waals surface area contributed by atoms with E-state index < -0.39 is 18.0 Å². The van der Waals surface area contributed by atoms with E-state index in [1.807, 2.05) is 0 Å². The minimum atomic E-state index is -1.65. The van der Waals surface area contributed by atoms with Gasteiger partial charge in [0.15, 0.2) is 0 Å². The van der Waals surface area contributed by atoms with Crippen LogP contribution in [0.1, 0.15) is 25.0 Å². The van der Waals surface area contributed by atoms with E-state index in [0.717, 1.165) is 12.8 Å². The van der Waals surface area contributed by atoms with E-state index in [1.54, 1.807) is 0 Å². The Morgan fingerprint density at radius 3 is 1.40 bits per heavy atom. The summed E-state index contributed by atoms with van der Waals surface area (Å²) in [6.07, 6.45) is 2.32. The third-order valence-corrected chi connectivity index (χ3v) is 22.4. The summed E-state index contributed by atoms with van der Waals surface area (Å²) >= 11 is -1.65. The zero-order chi connectivity index (χ0) is 15.4. The molecule has 0 saturated heterocycles. The summed E-state index contributed by atoms with van der Waals surface area (Å²) in [5, 5.41) is 0. The topological polar surface area (TPSA) is 0 Å². The zero-order valence-corrected chi connectivity index (χ0v) is 17.8. The second-order valence-electron chi connectivity index (χ2n) is 4.55. The van der Waals surface area contributed by atoms with Crippen molar-refractivity contribution in [1.29, 1.82) is 0 Å². The average molecular weight is 407 g/mol. The Bertz CT molecular complexity index is 406. The van der Waals surface area contributed by atoms with Crippen molar-refractivity contribution in [2.75, 3.05) is 0 Å². The molecule has 0 aromatic heterocycles. The van der Waals surface area contributed by atoms with Crippen LogP contribution in [-0.4, -0.2) is 5.43 Å². The molecule has 0 N–H and O–H groups in total. The fourth-order valence-electron chi connectivity index (χ4n) is 1.30. The van der Waals surface area contributed by atoms with Crippen molar-refractivity contribution in [2.45, 2.75) is 39.8 Å². The van der Waals surface area contributed by atoms with Crippen molar-refractivity contribution in [1.82, 2.24) is 0 Å². The van der Waals surface area contributed by atoms with Gasteiger partial charge in [-0.05, 0) is 0 Å². The van der Waals surface area contributed by atoms with Crippen LogP contribution in [0.3, 0.4) is 0 Å². The first kappa shape index (κ1) is 20.4. The monoisotopic (exact) mass is 404 g/mol. The van der Waals surface area contributed by atoms with Gasteiger partial charge in [-0.1, -0.05) is 26.7 Å². The van der Waals surface area contributed by atoms with Gasteiger partial charge in [0.1, 0.15) is 0 Å². The second-order valence-corrected chi connectivity index (χ2v) is 27.5. The molecule has 0 aliphatic carbocycles. The summed E-state index contributed by atoms with van der Waals surface area (Å²) in [6.45, 7) is 8.66. The number of hydrogen-bond donors (Lipinski definition) is 0. The van der Waals surface area contributed by atoms with Crippen LogP contribution in [0, 0.1) is 0 Å². The van der Waals surface area contributed by atoms with E-state index in [1.165, 1.54) is 11.1 Å². The number of hydrogen-bond acceptors (Lipinski definition) is 0. The maximum atomic E-state index is 5.62. The molecule has 0 spiro atoms. The summed E-state index contributed by atoms with van der Waals surface area (Å²) < 4.78 is 0. The Labute approximate surface area is 139 Å². The predicted octanol–water partition coefficient (Wildman–Crippen LogP) is 6.10. The van der Waals surface area contributed by atoms with Crippen LogP contribution in [0.5, 0.6) is 0 Å². The van der Waals surface area contributed by atoms with Gasteiger partial charge in [-0.3, -0.25) is 0 Å². The van der Waals surface area contributed by atoms with Crippen molar-refractivity contribution in [3.8, 4) is 0 Å². The van der Waals surface area contributed by atoms with Gasteiger partial charge in [0.25, 0.3) is 0 Å². The van der Waals surface area contributed by atoms with Gasteiger partial charge in [-0.25, -0.2) is 12.1 Å².